The highest BCUT2D eigenvalue weighted by Crippen LogP contribution is 1.79. The third-order valence-electron chi connectivity index (χ3n) is 0.802. The summed E-state index contributed by atoms with van der Waals surface area (Å²) in [6.45, 7) is 1.56. The van der Waals surface area contributed by atoms with E-state index in [2.05, 4.69) is 5.32 Å². The van der Waals surface area contributed by atoms with Crippen LogP contribution in [0.3, 0.4) is 0 Å². The highest BCUT2D eigenvalue weighted by Gasteiger charge is 2.04. The minimum Gasteiger partial charge on any atom is -0.370 e. The topological polar surface area (TPSA) is 92.7 Å². The second kappa shape index (κ2) is 5.07. The molecule has 1 amide bonds. The number of nitrogens with one attached hydrogen (secondary N) is 1. The molecule has 2 N–H and O–H groups in total. The fourth-order valence-corrected chi connectivity index (χ4v) is 0.479. The average molecular weight is 197 g/mol. The zero-order chi connectivity index (χ0) is 9.61. The Balaban J connectivity index is 0.000000217. The van der Waals surface area contributed by atoms with Crippen LogP contribution in [0.4, 0.5) is 0 Å². The van der Waals surface area contributed by atoms with Gasteiger partial charge in [0.05, 0.1) is 12.9 Å². The molecule has 1 rings (SSSR count). The molecule has 0 aromatic rings. The van der Waals surface area contributed by atoms with Crippen LogP contribution in [0.15, 0.2) is 0 Å². The first kappa shape index (κ1) is 11.3. The van der Waals surface area contributed by atoms with Gasteiger partial charge in [0.2, 0.25) is 5.91 Å². The van der Waals surface area contributed by atoms with Gasteiger partial charge in [-0.15, -0.1) is 0 Å². The van der Waals surface area contributed by atoms with Crippen molar-refractivity contribution in [3.63, 3.8) is 0 Å². The quantitative estimate of drug-likeness (QED) is 0.468. The van der Waals surface area contributed by atoms with Crippen LogP contribution in [-0.2, 0) is 19.6 Å². The highest BCUT2D eigenvalue weighted by molar-refractivity contribution is 7.85. The Morgan fingerprint density at radius 3 is 2.25 bits per heavy atom. The summed E-state index contributed by atoms with van der Waals surface area (Å²) in [5, 5.41) is 2.62. The molecular formula is C5H11NO5S. The van der Waals surface area contributed by atoms with E-state index in [9.17, 15) is 13.2 Å². The van der Waals surface area contributed by atoms with Crippen LogP contribution in [0, 0.1) is 0 Å². The van der Waals surface area contributed by atoms with Gasteiger partial charge in [-0.2, -0.15) is 8.42 Å². The SMILES string of the molecule is CS(=O)(=O)O.O=C1COCCN1. The molecule has 0 atom stereocenters. The van der Waals surface area contributed by atoms with E-state index in [4.69, 9.17) is 9.29 Å². The van der Waals surface area contributed by atoms with Gasteiger partial charge in [-0.25, -0.2) is 0 Å². The van der Waals surface area contributed by atoms with Crippen molar-refractivity contribution < 1.29 is 22.5 Å². The first-order chi connectivity index (χ1) is 5.39. The maximum Gasteiger partial charge on any atom is 0.261 e. The normalized spacial score (nSPS) is 17.3. The number of carbonyl (C=O) groups is 1. The summed E-state index contributed by atoms with van der Waals surface area (Å²) in [5.41, 5.74) is 0. The Hall–Kier alpha value is -0.660. The zero-order valence-corrected chi connectivity index (χ0v) is 7.43. The first-order valence-electron chi connectivity index (χ1n) is 3.16. The molecule has 1 heterocycles. The van der Waals surface area contributed by atoms with Gasteiger partial charge in [0.15, 0.2) is 0 Å². The molecule has 0 aromatic heterocycles. The van der Waals surface area contributed by atoms with E-state index >= 15 is 0 Å². The Morgan fingerprint density at radius 2 is 2.08 bits per heavy atom. The molecule has 72 valence electrons. The zero-order valence-electron chi connectivity index (χ0n) is 6.61. The van der Waals surface area contributed by atoms with Crippen molar-refractivity contribution >= 4 is 16.0 Å². The number of hydrogen-bond acceptors (Lipinski definition) is 4. The summed E-state index contributed by atoms with van der Waals surface area (Å²) in [4.78, 5) is 10.2. The summed E-state index contributed by atoms with van der Waals surface area (Å²) < 4.78 is 30.6. The lowest BCUT2D eigenvalue weighted by Crippen LogP contribution is -2.36. The third-order valence-corrected chi connectivity index (χ3v) is 0.802. The number of rotatable bonds is 0. The lowest BCUT2D eigenvalue weighted by Gasteiger charge is -2.10. The van der Waals surface area contributed by atoms with Crippen LogP contribution in [0.25, 0.3) is 0 Å². The molecular weight excluding hydrogens is 186 g/mol. The predicted octanol–water partition coefficient (Wildman–Crippen LogP) is -1.36. The lowest BCUT2D eigenvalue weighted by atomic mass is 10.5. The van der Waals surface area contributed by atoms with E-state index in [1.807, 2.05) is 0 Å². The number of hydrogen-bond donors (Lipinski definition) is 2. The molecule has 0 aliphatic carbocycles. The Bertz CT molecular complexity index is 218. The second-order valence-corrected chi connectivity index (χ2v) is 3.60. The summed E-state index contributed by atoms with van der Waals surface area (Å²) in [7, 11) is -3.67. The molecule has 0 bridgehead atoms. The standard InChI is InChI=1S/C4H7NO2.CH4O3S/c6-4-3-7-2-1-5-4;1-5(2,3)4/h1-3H2,(H,5,6);1H3,(H,2,3,4). The molecule has 12 heavy (non-hydrogen) atoms. The van der Waals surface area contributed by atoms with Gasteiger partial charge in [0.25, 0.3) is 10.1 Å². The average Bonchev–Trinajstić information content (AvgIpc) is 1.85. The second-order valence-electron chi connectivity index (χ2n) is 2.14. The van der Waals surface area contributed by atoms with Gasteiger partial charge in [0.1, 0.15) is 6.61 Å². The van der Waals surface area contributed by atoms with Gasteiger partial charge in [-0.1, -0.05) is 0 Å². The van der Waals surface area contributed by atoms with Crippen LogP contribution in [-0.4, -0.2) is 44.9 Å². The van der Waals surface area contributed by atoms with Crippen LogP contribution < -0.4 is 5.32 Å². The minimum atomic E-state index is -3.67. The van der Waals surface area contributed by atoms with Gasteiger partial charge in [-0.3, -0.25) is 9.35 Å². The summed E-state index contributed by atoms with van der Waals surface area (Å²) >= 11 is 0. The fourth-order valence-electron chi connectivity index (χ4n) is 0.479. The smallest absolute Gasteiger partial charge is 0.261 e. The van der Waals surface area contributed by atoms with Crippen LogP contribution in [0.1, 0.15) is 0 Å². The molecule has 0 saturated carbocycles. The summed E-state index contributed by atoms with van der Waals surface area (Å²) in [5.74, 6) is -0.00810. The number of morpholine rings is 1. The number of carbonyl (C=O) groups excluding carboxylic acids is 1. The fraction of sp³-hybridized carbons (Fsp3) is 0.800. The predicted molar refractivity (Wildman–Crippen MR) is 41.3 cm³/mol. The van der Waals surface area contributed by atoms with Gasteiger partial charge >= 0.3 is 0 Å². The van der Waals surface area contributed by atoms with Crippen molar-refractivity contribution in [3.8, 4) is 0 Å². The van der Waals surface area contributed by atoms with Crippen molar-refractivity contribution in [2.45, 2.75) is 0 Å². The Morgan fingerprint density at radius 1 is 1.58 bits per heavy atom. The minimum absolute atomic E-state index is 0.00810. The van der Waals surface area contributed by atoms with Crippen molar-refractivity contribution in [3.05, 3.63) is 0 Å². The molecule has 0 radical (unpaired) electrons. The van der Waals surface area contributed by atoms with E-state index in [1.54, 1.807) is 0 Å². The third kappa shape index (κ3) is 12.1. The van der Waals surface area contributed by atoms with Crippen molar-refractivity contribution in [2.24, 2.45) is 0 Å². The lowest BCUT2D eigenvalue weighted by molar-refractivity contribution is -0.128. The molecule has 6 nitrogen and oxygen atoms in total. The van der Waals surface area contributed by atoms with Gasteiger partial charge in [0, 0.05) is 6.54 Å². The van der Waals surface area contributed by atoms with E-state index < -0.39 is 10.1 Å². The van der Waals surface area contributed by atoms with Crippen molar-refractivity contribution in [1.82, 2.24) is 5.32 Å². The number of amides is 1. The van der Waals surface area contributed by atoms with Gasteiger partial charge < -0.3 is 10.1 Å². The van der Waals surface area contributed by atoms with Crippen molar-refractivity contribution in [2.75, 3.05) is 26.0 Å². The van der Waals surface area contributed by atoms with E-state index in [0.717, 1.165) is 0 Å². The van der Waals surface area contributed by atoms with E-state index in [0.29, 0.717) is 19.4 Å². The summed E-state index contributed by atoms with van der Waals surface area (Å²) in [6, 6.07) is 0. The Labute approximate surface area is 70.7 Å². The van der Waals surface area contributed by atoms with Crippen LogP contribution >= 0.6 is 0 Å². The monoisotopic (exact) mass is 197 g/mol. The van der Waals surface area contributed by atoms with Crippen LogP contribution in [0.2, 0.25) is 0 Å². The number of ether oxygens (including phenoxy) is 1. The largest absolute Gasteiger partial charge is 0.370 e. The molecule has 1 aliphatic heterocycles. The van der Waals surface area contributed by atoms with E-state index in [1.165, 1.54) is 0 Å². The molecule has 0 unspecified atom stereocenters. The molecule has 1 saturated heterocycles. The van der Waals surface area contributed by atoms with Crippen molar-refractivity contribution in [1.29, 1.82) is 0 Å². The molecule has 1 aliphatic rings. The van der Waals surface area contributed by atoms with Crippen LogP contribution in [0.5, 0.6) is 0 Å². The van der Waals surface area contributed by atoms with E-state index in [-0.39, 0.29) is 12.5 Å². The highest BCUT2D eigenvalue weighted by atomic mass is 32.2. The molecule has 7 heteroatoms. The summed E-state index contributed by atoms with van der Waals surface area (Å²) in [6.07, 6.45) is 0.715. The Kier molecular flexibility index (Phi) is 4.79. The molecule has 0 spiro atoms. The molecule has 1 fully saturated rings. The molecule has 0 aromatic carbocycles. The van der Waals surface area contributed by atoms with Gasteiger partial charge in [-0.05, 0) is 0 Å². The maximum atomic E-state index is 10.2. The maximum absolute atomic E-state index is 10.2. The first-order valence-corrected chi connectivity index (χ1v) is 5.01.